The minimum Gasteiger partial charge on any atom is -0.452 e. The van der Waals surface area contributed by atoms with Crippen LogP contribution >= 0.6 is 43.5 Å². The third-order valence-corrected chi connectivity index (χ3v) is 6.09. The van der Waals surface area contributed by atoms with Gasteiger partial charge in [0.2, 0.25) is 0 Å². The fourth-order valence-electron chi connectivity index (χ4n) is 2.97. The van der Waals surface area contributed by atoms with Crippen LogP contribution < -0.4 is 5.32 Å². The summed E-state index contributed by atoms with van der Waals surface area (Å²) in [6.45, 7) is 1.73. The molecule has 0 atom stereocenters. The van der Waals surface area contributed by atoms with Crippen LogP contribution in [0.2, 0.25) is 5.02 Å². The molecule has 0 spiro atoms. The summed E-state index contributed by atoms with van der Waals surface area (Å²) in [4.78, 5) is 42.6. The number of carbonyl (C=O) groups is 3. The molecule has 1 N–H and O–H groups in total. The Morgan fingerprint density at radius 2 is 1.85 bits per heavy atom. The Bertz CT molecular complexity index is 1280. The normalized spacial score (nSPS) is 10.6. The molecule has 0 radical (unpaired) electrons. The molecule has 0 bridgehead atoms. The standard InChI is InChI=1S/C21H19Br2ClN6O4/c1-11-8-16(30(27-11)18-15(24)6-5-7-25-18)19(31)26-17-13(9-12(22)10-14(17)23)20(32)28(2)29(3)21(33)34-4/h5-10H,1-4H3,(H,26,31). The Hall–Kier alpha value is -2.96. The lowest BCUT2D eigenvalue weighted by atomic mass is 10.1. The first-order chi connectivity index (χ1) is 16.0. The van der Waals surface area contributed by atoms with Crippen LogP contribution in [0.15, 0.2) is 45.5 Å². The molecule has 2 aromatic heterocycles. The number of rotatable bonds is 4. The molecular formula is C21H19Br2ClN6O4. The van der Waals surface area contributed by atoms with Gasteiger partial charge in [0.15, 0.2) is 5.82 Å². The highest BCUT2D eigenvalue weighted by atomic mass is 79.9. The van der Waals surface area contributed by atoms with Gasteiger partial charge < -0.3 is 10.1 Å². The Balaban J connectivity index is 2.02. The number of amides is 3. The second-order valence-electron chi connectivity index (χ2n) is 6.98. The summed E-state index contributed by atoms with van der Waals surface area (Å²) >= 11 is 13.0. The van der Waals surface area contributed by atoms with Gasteiger partial charge in [-0.25, -0.2) is 24.5 Å². The number of carbonyl (C=O) groups excluding carboxylic acids is 3. The number of halogens is 3. The molecule has 13 heteroatoms. The van der Waals surface area contributed by atoms with Crippen LogP contribution in [0, 0.1) is 6.92 Å². The smallest absolute Gasteiger partial charge is 0.428 e. The first kappa shape index (κ1) is 25.7. The zero-order chi connectivity index (χ0) is 25.2. The molecule has 0 fully saturated rings. The number of benzene rings is 1. The summed E-state index contributed by atoms with van der Waals surface area (Å²) in [5, 5.41) is 9.48. The van der Waals surface area contributed by atoms with E-state index >= 15 is 0 Å². The number of anilines is 1. The molecule has 34 heavy (non-hydrogen) atoms. The van der Waals surface area contributed by atoms with Gasteiger partial charge in [-0.3, -0.25) is 9.59 Å². The van der Waals surface area contributed by atoms with Crippen molar-refractivity contribution in [1.82, 2.24) is 24.8 Å². The molecule has 2 heterocycles. The highest BCUT2D eigenvalue weighted by Crippen LogP contribution is 2.32. The van der Waals surface area contributed by atoms with E-state index < -0.39 is 17.9 Å². The van der Waals surface area contributed by atoms with Crippen molar-refractivity contribution in [3.8, 4) is 5.82 Å². The Labute approximate surface area is 217 Å². The molecule has 3 amide bonds. The van der Waals surface area contributed by atoms with Crippen LogP contribution in [0.4, 0.5) is 10.5 Å². The van der Waals surface area contributed by atoms with Gasteiger partial charge in [0.1, 0.15) is 5.69 Å². The zero-order valence-electron chi connectivity index (χ0n) is 18.5. The molecule has 178 valence electrons. The first-order valence-electron chi connectivity index (χ1n) is 9.62. The maximum atomic E-state index is 13.3. The van der Waals surface area contributed by atoms with Crippen LogP contribution in [-0.4, -0.2) is 63.9 Å². The maximum Gasteiger partial charge on any atom is 0.428 e. The lowest BCUT2D eigenvalue weighted by Gasteiger charge is -2.27. The van der Waals surface area contributed by atoms with Gasteiger partial charge in [-0.15, -0.1) is 0 Å². The summed E-state index contributed by atoms with van der Waals surface area (Å²) < 4.78 is 7.01. The quantitative estimate of drug-likeness (QED) is 0.427. The van der Waals surface area contributed by atoms with Crippen molar-refractivity contribution in [3.05, 3.63) is 67.4 Å². The molecule has 0 saturated carbocycles. The fraction of sp³-hybridized carbons (Fsp3) is 0.190. The number of aryl methyl sites for hydroxylation is 1. The van der Waals surface area contributed by atoms with Crippen LogP contribution in [0.25, 0.3) is 5.82 Å². The van der Waals surface area contributed by atoms with Crippen molar-refractivity contribution >= 4 is 67.1 Å². The fourth-order valence-corrected chi connectivity index (χ4v) is 4.49. The maximum absolute atomic E-state index is 13.3. The van der Waals surface area contributed by atoms with Crippen molar-refractivity contribution in [2.45, 2.75) is 6.92 Å². The van der Waals surface area contributed by atoms with Crippen molar-refractivity contribution in [3.63, 3.8) is 0 Å². The lowest BCUT2D eigenvalue weighted by molar-refractivity contribution is 0.0193. The zero-order valence-corrected chi connectivity index (χ0v) is 22.4. The molecule has 1 aromatic carbocycles. The van der Waals surface area contributed by atoms with Gasteiger partial charge in [-0.2, -0.15) is 5.10 Å². The SMILES string of the molecule is COC(=O)N(C)N(C)C(=O)c1cc(Br)cc(Br)c1NC(=O)c1cc(C)nn1-c1ncccc1Cl. The summed E-state index contributed by atoms with van der Waals surface area (Å²) in [5.74, 6) is -0.834. The molecular weight excluding hydrogens is 596 g/mol. The van der Waals surface area contributed by atoms with Crippen molar-refractivity contribution in [2.75, 3.05) is 26.5 Å². The number of ether oxygens (including phenoxy) is 1. The average Bonchev–Trinajstić information content (AvgIpc) is 3.20. The van der Waals surface area contributed by atoms with E-state index in [9.17, 15) is 14.4 Å². The Morgan fingerprint density at radius 3 is 2.50 bits per heavy atom. The summed E-state index contributed by atoms with van der Waals surface area (Å²) in [7, 11) is 3.99. The molecule has 3 rings (SSSR count). The van der Waals surface area contributed by atoms with E-state index in [1.807, 2.05) is 0 Å². The number of nitrogens with one attached hydrogen (secondary N) is 1. The highest BCUT2D eigenvalue weighted by molar-refractivity contribution is 9.11. The largest absolute Gasteiger partial charge is 0.452 e. The van der Waals surface area contributed by atoms with Crippen LogP contribution in [0.5, 0.6) is 0 Å². The van der Waals surface area contributed by atoms with Crippen LogP contribution in [0.3, 0.4) is 0 Å². The van der Waals surface area contributed by atoms with Crippen molar-refractivity contribution in [1.29, 1.82) is 0 Å². The van der Waals surface area contributed by atoms with E-state index in [1.54, 1.807) is 31.2 Å². The van der Waals surface area contributed by atoms with Gasteiger partial charge in [0.25, 0.3) is 11.8 Å². The Morgan fingerprint density at radius 1 is 1.15 bits per heavy atom. The minimum atomic E-state index is -0.734. The van der Waals surface area contributed by atoms with E-state index in [0.29, 0.717) is 19.7 Å². The molecule has 0 saturated heterocycles. The molecule has 3 aromatic rings. The molecule has 0 aliphatic heterocycles. The second-order valence-corrected chi connectivity index (χ2v) is 9.16. The van der Waals surface area contributed by atoms with Crippen LogP contribution in [-0.2, 0) is 4.74 Å². The number of hydrogen-bond donors (Lipinski definition) is 1. The predicted octanol–water partition coefficient (Wildman–Crippen LogP) is 4.69. The number of methoxy groups -OCH3 is 1. The minimum absolute atomic E-state index is 0.117. The summed E-state index contributed by atoms with van der Waals surface area (Å²) in [6, 6.07) is 8.09. The monoisotopic (exact) mass is 612 g/mol. The predicted molar refractivity (Wildman–Crippen MR) is 133 cm³/mol. The van der Waals surface area contributed by atoms with E-state index in [1.165, 1.54) is 38.2 Å². The number of nitrogens with zero attached hydrogens (tertiary/aromatic N) is 5. The Kier molecular flexibility index (Phi) is 7.95. The third-order valence-electron chi connectivity index (χ3n) is 4.71. The molecule has 10 nitrogen and oxygen atoms in total. The molecule has 0 aliphatic rings. The first-order valence-corrected chi connectivity index (χ1v) is 11.6. The highest BCUT2D eigenvalue weighted by Gasteiger charge is 2.27. The average molecular weight is 615 g/mol. The number of aromatic nitrogens is 3. The van der Waals surface area contributed by atoms with Gasteiger partial charge in [-0.05, 0) is 53.2 Å². The summed E-state index contributed by atoms with van der Waals surface area (Å²) in [5.41, 5.74) is 1.04. The topological polar surface area (TPSA) is 110 Å². The summed E-state index contributed by atoms with van der Waals surface area (Å²) in [6.07, 6.45) is 0.803. The van der Waals surface area contributed by atoms with Gasteiger partial charge in [-0.1, -0.05) is 27.5 Å². The van der Waals surface area contributed by atoms with E-state index in [0.717, 1.165) is 10.0 Å². The van der Waals surface area contributed by atoms with Gasteiger partial charge >= 0.3 is 6.09 Å². The van der Waals surface area contributed by atoms with E-state index in [2.05, 4.69) is 52.0 Å². The number of hydrogen-bond acceptors (Lipinski definition) is 6. The van der Waals surface area contributed by atoms with E-state index in [-0.39, 0.29) is 22.8 Å². The van der Waals surface area contributed by atoms with Gasteiger partial charge in [0.05, 0.1) is 29.1 Å². The molecule has 0 aliphatic carbocycles. The number of pyridine rings is 1. The lowest BCUT2D eigenvalue weighted by Crippen LogP contribution is -2.45. The number of hydrazine groups is 1. The molecule has 0 unspecified atom stereocenters. The van der Waals surface area contributed by atoms with Crippen molar-refractivity contribution in [2.24, 2.45) is 0 Å². The van der Waals surface area contributed by atoms with Crippen molar-refractivity contribution < 1.29 is 19.1 Å². The third kappa shape index (κ3) is 5.24. The second kappa shape index (κ2) is 10.5. The van der Waals surface area contributed by atoms with Gasteiger partial charge in [0, 0.05) is 29.2 Å². The van der Waals surface area contributed by atoms with E-state index in [4.69, 9.17) is 11.6 Å². The van der Waals surface area contributed by atoms with Crippen LogP contribution in [0.1, 0.15) is 26.5 Å².